The van der Waals surface area contributed by atoms with Crippen LogP contribution < -0.4 is 5.32 Å². The molecule has 5 rings (SSSR count). The summed E-state index contributed by atoms with van der Waals surface area (Å²) in [5.41, 5.74) is 1.84. The number of hydrogen-bond donors (Lipinski definition) is 1. The van der Waals surface area contributed by atoms with Crippen molar-refractivity contribution < 1.29 is 28.7 Å². The molecule has 5 amide bonds. The van der Waals surface area contributed by atoms with Gasteiger partial charge in [0.25, 0.3) is 17.7 Å². The van der Waals surface area contributed by atoms with Gasteiger partial charge in [-0.15, -0.1) is 0 Å². The molecule has 0 unspecified atom stereocenters. The molecule has 40 heavy (non-hydrogen) atoms. The predicted octanol–water partition coefficient (Wildman–Crippen LogP) is 4.02. The van der Waals surface area contributed by atoms with E-state index in [0.717, 1.165) is 9.80 Å². The Hall–Kier alpha value is -5.05. The second-order valence-electron chi connectivity index (χ2n) is 9.42. The molecule has 0 saturated carbocycles. The molecule has 2 aliphatic heterocycles. The smallest absolute Gasteiger partial charge is 0.338 e. The molecule has 0 spiro atoms. The molecular weight excluding hydrogens is 510 g/mol. The number of rotatable bonds is 7. The van der Waals surface area contributed by atoms with E-state index in [0.29, 0.717) is 11.1 Å². The van der Waals surface area contributed by atoms with E-state index in [4.69, 9.17) is 4.74 Å². The van der Waals surface area contributed by atoms with Gasteiger partial charge in [-0.2, -0.15) is 0 Å². The number of carbonyl (C=O) groups is 5. The highest BCUT2D eigenvalue weighted by molar-refractivity contribution is 6.23. The first-order valence-electron chi connectivity index (χ1n) is 12.9. The van der Waals surface area contributed by atoms with Gasteiger partial charge in [0.1, 0.15) is 6.04 Å². The van der Waals surface area contributed by atoms with Crippen molar-refractivity contribution in [1.29, 1.82) is 0 Å². The van der Waals surface area contributed by atoms with Gasteiger partial charge in [-0.1, -0.05) is 72.8 Å². The summed E-state index contributed by atoms with van der Waals surface area (Å²) < 4.78 is 5.29. The number of carbonyl (C=O) groups excluding carboxylic acids is 5. The minimum absolute atomic E-state index is 0.0287. The van der Waals surface area contributed by atoms with Gasteiger partial charge < -0.3 is 10.1 Å². The van der Waals surface area contributed by atoms with Gasteiger partial charge in [0.05, 0.1) is 29.3 Å². The number of amides is 5. The van der Waals surface area contributed by atoms with Crippen LogP contribution >= 0.6 is 0 Å². The Labute approximate surface area is 231 Å². The molecule has 0 aromatic heterocycles. The van der Waals surface area contributed by atoms with Crippen molar-refractivity contribution in [1.82, 2.24) is 15.1 Å². The SMILES string of the molecule is CCOC(=O)C1=C(C)N(C(=O)[C@H](Cc2ccccc2)N2C(=O)c3ccccc3C2=O)C(=O)N[C@@H]1c1ccccc1. The lowest BCUT2D eigenvalue weighted by atomic mass is 9.94. The van der Waals surface area contributed by atoms with Crippen LogP contribution in [0.15, 0.2) is 96.2 Å². The van der Waals surface area contributed by atoms with E-state index < -0.39 is 41.8 Å². The van der Waals surface area contributed by atoms with Crippen LogP contribution in [0.4, 0.5) is 4.79 Å². The predicted molar refractivity (Wildman–Crippen MR) is 145 cm³/mol. The molecule has 1 N–H and O–H groups in total. The fraction of sp³-hybridized carbons (Fsp3) is 0.194. The third-order valence-electron chi connectivity index (χ3n) is 7.03. The number of fused-ring (bicyclic) bond motifs is 1. The Bertz CT molecular complexity index is 1500. The first kappa shape index (κ1) is 26.6. The van der Waals surface area contributed by atoms with E-state index in [2.05, 4.69) is 5.32 Å². The van der Waals surface area contributed by atoms with E-state index in [1.165, 1.54) is 19.1 Å². The highest BCUT2D eigenvalue weighted by Crippen LogP contribution is 2.33. The van der Waals surface area contributed by atoms with Crippen LogP contribution in [0.1, 0.15) is 51.7 Å². The Balaban J connectivity index is 1.60. The second kappa shape index (κ2) is 11.0. The zero-order valence-corrected chi connectivity index (χ0v) is 22.0. The largest absolute Gasteiger partial charge is 0.463 e. The second-order valence-corrected chi connectivity index (χ2v) is 9.42. The lowest BCUT2D eigenvalue weighted by Crippen LogP contribution is -2.57. The van der Waals surface area contributed by atoms with Crippen molar-refractivity contribution in [3.63, 3.8) is 0 Å². The highest BCUT2D eigenvalue weighted by Gasteiger charge is 2.47. The van der Waals surface area contributed by atoms with Crippen molar-refractivity contribution in [3.8, 4) is 0 Å². The van der Waals surface area contributed by atoms with Crippen LogP contribution in [-0.4, -0.2) is 52.2 Å². The molecule has 9 nitrogen and oxygen atoms in total. The maximum atomic E-state index is 14.3. The molecule has 0 fully saturated rings. The van der Waals surface area contributed by atoms with Crippen LogP contribution in [0.2, 0.25) is 0 Å². The number of allylic oxidation sites excluding steroid dienone is 1. The molecule has 9 heteroatoms. The van der Waals surface area contributed by atoms with Crippen LogP contribution in [0.5, 0.6) is 0 Å². The summed E-state index contributed by atoms with van der Waals surface area (Å²) in [6.07, 6.45) is -0.0287. The normalized spacial score (nSPS) is 17.4. The fourth-order valence-electron chi connectivity index (χ4n) is 5.14. The van der Waals surface area contributed by atoms with E-state index in [-0.39, 0.29) is 35.4 Å². The molecule has 202 valence electrons. The molecular formula is C31H27N3O6. The number of imide groups is 2. The Morgan fingerprint density at radius 2 is 1.40 bits per heavy atom. The molecule has 2 heterocycles. The van der Waals surface area contributed by atoms with Gasteiger partial charge >= 0.3 is 12.0 Å². The Morgan fingerprint density at radius 3 is 1.98 bits per heavy atom. The molecule has 0 saturated heterocycles. The summed E-state index contributed by atoms with van der Waals surface area (Å²) in [6.45, 7) is 3.24. The summed E-state index contributed by atoms with van der Waals surface area (Å²) in [5, 5.41) is 2.75. The summed E-state index contributed by atoms with van der Waals surface area (Å²) in [6, 6.07) is 21.1. The lowest BCUT2D eigenvalue weighted by Gasteiger charge is -2.37. The van der Waals surface area contributed by atoms with Gasteiger partial charge in [0, 0.05) is 12.1 Å². The number of hydrogen-bond acceptors (Lipinski definition) is 6. The van der Waals surface area contributed by atoms with Crippen molar-refractivity contribution in [3.05, 3.63) is 118 Å². The summed E-state index contributed by atoms with van der Waals surface area (Å²) in [4.78, 5) is 69.5. The van der Waals surface area contributed by atoms with E-state index in [1.54, 1.807) is 73.7 Å². The Morgan fingerprint density at radius 1 is 0.850 bits per heavy atom. The number of benzene rings is 3. The van der Waals surface area contributed by atoms with Gasteiger partial charge in [-0.05, 0) is 37.1 Å². The van der Waals surface area contributed by atoms with Crippen LogP contribution in [0, 0.1) is 0 Å². The van der Waals surface area contributed by atoms with Gasteiger partial charge in [-0.3, -0.25) is 19.3 Å². The topological polar surface area (TPSA) is 113 Å². The fourth-order valence-corrected chi connectivity index (χ4v) is 5.14. The first-order valence-corrected chi connectivity index (χ1v) is 12.9. The lowest BCUT2D eigenvalue weighted by molar-refractivity contribution is -0.139. The zero-order valence-electron chi connectivity index (χ0n) is 22.0. The van der Waals surface area contributed by atoms with Crippen molar-refractivity contribution in [2.45, 2.75) is 32.4 Å². The molecule has 2 aliphatic rings. The standard InChI is InChI=1S/C31H27N3O6/c1-3-40-30(38)25-19(2)33(31(39)32-26(25)21-14-8-5-9-15-21)29(37)24(18-20-12-6-4-7-13-20)34-27(35)22-16-10-11-17-23(22)28(34)36/h4-17,24,26H,3,18H2,1-2H3,(H,32,39)/t24-,26+/m0/s1. The van der Waals surface area contributed by atoms with Crippen molar-refractivity contribution >= 4 is 29.7 Å². The molecule has 0 radical (unpaired) electrons. The van der Waals surface area contributed by atoms with Crippen LogP contribution in [0.3, 0.4) is 0 Å². The monoisotopic (exact) mass is 537 g/mol. The maximum absolute atomic E-state index is 14.3. The quantitative estimate of drug-likeness (QED) is 0.360. The average molecular weight is 538 g/mol. The summed E-state index contributed by atoms with van der Waals surface area (Å²) in [5.74, 6) is -2.75. The van der Waals surface area contributed by atoms with Gasteiger partial charge in [-0.25, -0.2) is 14.5 Å². The summed E-state index contributed by atoms with van der Waals surface area (Å²) in [7, 11) is 0. The van der Waals surface area contributed by atoms with Gasteiger partial charge in [0.2, 0.25) is 0 Å². The molecule has 0 aliphatic carbocycles. The summed E-state index contributed by atoms with van der Waals surface area (Å²) >= 11 is 0. The maximum Gasteiger partial charge on any atom is 0.338 e. The third-order valence-corrected chi connectivity index (χ3v) is 7.03. The third kappa shape index (κ3) is 4.66. The average Bonchev–Trinajstić information content (AvgIpc) is 3.21. The molecule has 3 aromatic rings. The Kier molecular flexibility index (Phi) is 7.29. The van der Waals surface area contributed by atoms with Crippen LogP contribution in [-0.2, 0) is 20.7 Å². The van der Waals surface area contributed by atoms with Crippen molar-refractivity contribution in [2.75, 3.05) is 6.61 Å². The van der Waals surface area contributed by atoms with Crippen molar-refractivity contribution in [2.24, 2.45) is 0 Å². The number of urea groups is 1. The minimum atomic E-state index is -1.35. The van der Waals surface area contributed by atoms with Crippen LogP contribution in [0.25, 0.3) is 0 Å². The number of ether oxygens (including phenoxy) is 1. The highest BCUT2D eigenvalue weighted by atomic mass is 16.5. The minimum Gasteiger partial charge on any atom is -0.463 e. The zero-order chi connectivity index (χ0) is 28.4. The number of nitrogens with one attached hydrogen (secondary N) is 1. The molecule has 2 atom stereocenters. The first-order chi connectivity index (χ1) is 19.3. The molecule has 0 bridgehead atoms. The molecule has 3 aromatic carbocycles. The van der Waals surface area contributed by atoms with Gasteiger partial charge in [0.15, 0.2) is 0 Å². The van der Waals surface area contributed by atoms with E-state index in [9.17, 15) is 24.0 Å². The van der Waals surface area contributed by atoms with E-state index in [1.807, 2.05) is 6.07 Å². The van der Waals surface area contributed by atoms with E-state index >= 15 is 0 Å². The number of nitrogens with zero attached hydrogens (tertiary/aromatic N) is 2. The number of esters is 1.